The highest BCUT2D eigenvalue weighted by Crippen LogP contribution is 2.12. The third-order valence-corrected chi connectivity index (χ3v) is 11.4. The molecule has 21 N–H and O–H groups in total. The molecule has 0 aliphatic rings. The van der Waals surface area contributed by atoms with Gasteiger partial charge in [-0.1, -0.05) is 41.5 Å². The summed E-state index contributed by atoms with van der Waals surface area (Å²) in [6, 6.07) is -10.7. The second kappa shape index (κ2) is 34.6. The van der Waals surface area contributed by atoms with Crippen LogP contribution in [-0.2, 0) is 57.5 Å². The molecule has 73 heavy (non-hydrogen) atoms. The SMILES string of the molecule is CSCC[C@H](NC(=O)[C@@H](NC(=O)[C@H](CCC(N)=O)NC(=O)[C@H](CCC(N)=O)NC(=O)CNC(=O)[C@@H](NC(=O)[C@H](CC(C)C)NC(=O)[C@@H](N)CCCN=C(N)N)C(C)C)C(C)C)C(=O)N[C@@H](CCC(N)=O)C(=O)O. The topological polar surface area (TPSA) is 490 Å². The monoisotopic (exact) mass is 1060 g/mol. The average Bonchev–Trinajstić information content (AvgIpc) is 3.29. The van der Waals surface area contributed by atoms with Crippen LogP contribution in [0.4, 0.5) is 0 Å². The molecule has 0 fully saturated rings. The van der Waals surface area contributed by atoms with Crippen LogP contribution in [0.25, 0.3) is 0 Å². The molecule has 0 aromatic heterocycles. The molecule has 8 atom stereocenters. The fraction of sp³-hybridized carbons (Fsp3) is 0.705. The fourth-order valence-electron chi connectivity index (χ4n) is 6.70. The third-order valence-electron chi connectivity index (χ3n) is 10.7. The molecular weight excluding hydrogens is 979 g/mol. The van der Waals surface area contributed by atoms with Gasteiger partial charge in [-0.15, -0.1) is 0 Å². The van der Waals surface area contributed by atoms with Crippen molar-refractivity contribution in [3.8, 4) is 0 Å². The van der Waals surface area contributed by atoms with Crippen molar-refractivity contribution in [3.63, 3.8) is 0 Å². The fourth-order valence-corrected chi connectivity index (χ4v) is 7.17. The van der Waals surface area contributed by atoms with Gasteiger partial charge in [0, 0.05) is 25.8 Å². The minimum atomic E-state index is -1.59. The summed E-state index contributed by atoms with van der Waals surface area (Å²) in [5.74, 6) is -12.0. The van der Waals surface area contributed by atoms with Gasteiger partial charge in [0.15, 0.2) is 5.96 Å². The predicted molar refractivity (Wildman–Crippen MR) is 269 cm³/mol. The molecule has 0 unspecified atom stereocenters. The van der Waals surface area contributed by atoms with Gasteiger partial charge in [0.25, 0.3) is 0 Å². The Morgan fingerprint density at radius 3 is 1.37 bits per heavy atom. The molecule has 0 aliphatic heterocycles. The van der Waals surface area contributed by atoms with Gasteiger partial charge < -0.3 is 82.0 Å². The molecule has 0 spiro atoms. The molecular formula is C44H79N15O13S. The van der Waals surface area contributed by atoms with Crippen molar-refractivity contribution < 1.29 is 62.6 Å². The smallest absolute Gasteiger partial charge is 0.326 e. The molecule has 0 aromatic carbocycles. The first kappa shape index (κ1) is 66.2. The molecule has 414 valence electrons. The van der Waals surface area contributed by atoms with E-state index in [0.29, 0.717) is 12.2 Å². The molecule has 29 heteroatoms. The largest absolute Gasteiger partial charge is 0.480 e. The van der Waals surface area contributed by atoms with Crippen LogP contribution in [0.2, 0.25) is 0 Å². The van der Waals surface area contributed by atoms with Gasteiger partial charge in [0.2, 0.25) is 65.0 Å². The maximum Gasteiger partial charge on any atom is 0.326 e. The number of carboxylic acids is 1. The second-order valence-electron chi connectivity index (χ2n) is 18.4. The van der Waals surface area contributed by atoms with Crippen molar-refractivity contribution in [2.45, 2.75) is 154 Å². The second-order valence-corrected chi connectivity index (χ2v) is 19.3. The van der Waals surface area contributed by atoms with Crippen LogP contribution in [-0.4, -0.2) is 155 Å². The average molecular weight is 1060 g/mol. The minimum absolute atomic E-state index is 0.0231. The summed E-state index contributed by atoms with van der Waals surface area (Å²) in [7, 11) is 0. The van der Waals surface area contributed by atoms with Gasteiger partial charge in [0.1, 0.15) is 42.3 Å². The number of guanidine groups is 1. The van der Waals surface area contributed by atoms with Crippen LogP contribution in [0.15, 0.2) is 4.99 Å². The van der Waals surface area contributed by atoms with E-state index in [0.717, 1.165) is 0 Å². The Labute approximate surface area is 429 Å². The van der Waals surface area contributed by atoms with E-state index in [4.69, 9.17) is 34.4 Å². The van der Waals surface area contributed by atoms with Crippen molar-refractivity contribution in [2.24, 2.45) is 57.1 Å². The Morgan fingerprint density at radius 1 is 0.507 bits per heavy atom. The van der Waals surface area contributed by atoms with E-state index in [1.165, 1.54) is 11.8 Å². The number of aliphatic carboxylic acids is 1. The maximum absolute atomic E-state index is 13.9. The number of nitrogens with two attached hydrogens (primary N) is 6. The van der Waals surface area contributed by atoms with Gasteiger partial charge in [0.05, 0.1) is 12.6 Å². The Bertz CT molecular complexity index is 1950. The Morgan fingerprint density at radius 2 is 0.918 bits per heavy atom. The number of thioether (sulfide) groups is 1. The number of amides is 11. The molecule has 11 amide bonds. The molecule has 0 aliphatic carbocycles. The zero-order valence-corrected chi connectivity index (χ0v) is 43.5. The van der Waals surface area contributed by atoms with E-state index in [1.54, 1.807) is 34.0 Å². The number of carbonyl (C=O) groups is 12. The number of aliphatic imine (C=N–C) groups is 1. The van der Waals surface area contributed by atoms with Crippen LogP contribution in [0.5, 0.6) is 0 Å². The highest BCUT2D eigenvalue weighted by molar-refractivity contribution is 7.98. The number of carboxylic acid groups (broad SMARTS) is 1. The first-order valence-corrected chi connectivity index (χ1v) is 25.2. The number of rotatable bonds is 37. The summed E-state index contributed by atoms with van der Waals surface area (Å²) in [4.78, 5) is 158. The maximum atomic E-state index is 13.9. The number of nitrogens with one attached hydrogen (secondary N) is 8. The van der Waals surface area contributed by atoms with E-state index in [9.17, 15) is 62.6 Å². The van der Waals surface area contributed by atoms with E-state index in [2.05, 4.69) is 47.5 Å². The summed E-state index contributed by atoms with van der Waals surface area (Å²) in [6.45, 7) is 9.47. The molecule has 0 bridgehead atoms. The van der Waals surface area contributed by atoms with E-state index in [-0.39, 0.29) is 50.5 Å². The lowest BCUT2D eigenvalue weighted by Crippen LogP contribution is -2.60. The van der Waals surface area contributed by atoms with Crippen LogP contribution in [0.3, 0.4) is 0 Å². The summed E-state index contributed by atoms with van der Waals surface area (Å²) in [6.07, 6.45) is 0.150. The highest BCUT2D eigenvalue weighted by atomic mass is 32.2. The van der Waals surface area contributed by atoms with Gasteiger partial charge in [-0.2, -0.15) is 11.8 Å². The summed E-state index contributed by atoms with van der Waals surface area (Å²) >= 11 is 1.32. The molecule has 0 aromatic rings. The van der Waals surface area contributed by atoms with E-state index >= 15 is 0 Å². The summed E-state index contributed by atoms with van der Waals surface area (Å²) in [5, 5.41) is 29.3. The molecule has 0 heterocycles. The Kier molecular flexibility index (Phi) is 31.4. The minimum Gasteiger partial charge on any atom is -0.480 e. The number of hydrogen-bond acceptors (Lipinski definition) is 15. The number of carbonyl (C=O) groups excluding carboxylic acids is 11. The zero-order valence-electron chi connectivity index (χ0n) is 42.7. The first-order valence-electron chi connectivity index (χ1n) is 23.8. The standard InChI is InChI=1S/C44H79N15O13S/c1-21(2)19-29(57-36(64)24(45)9-8-17-51-44(49)50)40(68)58-34(22(3)4)41(69)52-20-33(63)53-25(10-13-30(46)60)37(65)54-26(11-14-31(47)61)39(67)59-35(23(5)6)42(70)55-27(16-18-73-7)38(66)56-28(43(71)72)12-15-32(48)62/h21-29,34-35H,8-20,45H2,1-7H3,(H2,46,60)(H2,47,61)(H2,48,62)(H,52,69)(H,53,63)(H,54,65)(H,55,70)(H,56,66)(H,57,64)(H,58,68)(H,59,67)(H,71,72)(H4,49,50,51)/t24-,25-,26-,27-,28-,29-,34-,35-/m0/s1. The molecule has 28 nitrogen and oxygen atoms in total. The lowest BCUT2D eigenvalue weighted by Gasteiger charge is -2.28. The molecule has 0 saturated carbocycles. The van der Waals surface area contributed by atoms with E-state index < -0.39 is 163 Å². The lowest BCUT2D eigenvalue weighted by molar-refractivity contribution is -0.142. The van der Waals surface area contributed by atoms with Crippen molar-refractivity contribution in [1.29, 1.82) is 0 Å². The summed E-state index contributed by atoms with van der Waals surface area (Å²) in [5.41, 5.74) is 32.5. The highest BCUT2D eigenvalue weighted by Gasteiger charge is 2.35. The Hall–Kier alpha value is -6.78. The van der Waals surface area contributed by atoms with Crippen molar-refractivity contribution in [3.05, 3.63) is 0 Å². The molecule has 0 saturated heterocycles. The van der Waals surface area contributed by atoms with Gasteiger partial charge in [-0.05, 0) is 74.7 Å². The van der Waals surface area contributed by atoms with Crippen molar-refractivity contribution in [2.75, 3.05) is 25.1 Å². The van der Waals surface area contributed by atoms with Crippen LogP contribution >= 0.6 is 11.8 Å². The molecule has 0 rings (SSSR count). The van der Waals surface area contributed by atoms with Gasteiger partial charge in [-0.25, -0.2) is 4.79 Å². The first-order chi connectivity index (χ1) is 34.0. The normalized spacial score (nSPS) is 14.3. The Balaban J connectivity index is 6.25. The number of hydrogen-bond donors (Lipinski definition) is 15. The van der Waals surface area contributed by atoms with Crippen LogP contribution in [0.1, 0.15) is 106 Å². The number of primary amides is 3. The zero-order chi connectivity index (χ0) is 56.1. The third kappa shape index (κ3) is 28.2. The molecule has 0 radical (unpaired) electrons. The van der Waals surface area contributed by atoms with Crippen LogP contribution < -0.4 is 76.9 Å². The lowest BCUT2D eigenvalue weighted by atomic mass is 9.99. The predicted octanol–water partition coefficient (Wildman–Crippen LogP) is -5.13. The van der Waals surface area contributed by atoms with Crippen molar-refractivity contribution >= 4 is 88.7 Å². The summed E-state index contributed by atoms with van der Waals surface area (Å²) < 4.78 is 0. The number of nitrogens with zero attached hydrogens (tertiary/aromatic N) is 1. The quantitative estimate of drug-likeness (QED) is 0.0157. The van der Waals surface area contributed by atoms with Crippen molar-refractivity contribution in [1.82, 2.24) is 42.5 Å². The van der Waals surface area contributed by atoms with Gasteiger partial charge in [-0.3, -0.25) is 57.7 Å². The van der Waals surface area contributed by atoms with E-state index in [1.807, 2.05) is 13.8 Å². The van der Waals surface area contributed by atoms with Gasteiger partial charge >= 0.3 is 5.97 Å². The van der Waals surface area contributed by atoms with Crippen LogP contribution in [0, 0.1) is 17.8 Å².